The number of halogens is 2. The number of nitrogens with one attached hydrogen (secondary N) is 1. The van der Waals surface area contributed by atoms with Crippen molar-refractivity contribution in [1.82, 2.24) is 9.88 Å². The molecule has 0 aliphatic carbocycles. The highest BCUT2D eigenvalue weighted by atomic mass is 35.5. The van der Waals surface area contributed by atoms with Gasteiger partial charge in [-0.25, -0.2) is 4.98 Å². The Bertz CT molecular complexity index is 722. The van der Waals surface area contributed by atoms with E-state index in [1.807, 2.05) is 31.2 Å². The number of pyridine rings is 1. The van der Waals surface area contributed by atoms with Gasteiger partial charge in [0.2, 0.25) is 5.91 Å². The Balaban J connectivity index is 1.62. The van der Waals surface area contributed by atoms with Crippen molar-refractivity contribution in [2.45, 2.75) is 19.1 Å². The Morgan fingerprint density at radius 2 is 1.96 bits per heavy atom. The van der Waals surface area contributed by atoms with E-state index in [9.17, 15) is 4.79 Å². The summed E-state index contributed by atoms with van der Waals surface area (Å²) in [4.78, 5) is 18.7. The molecule has 25 heavy (non-hydrogen) atoms. The monoisotopic (exact) mass is 379 g/mol. The molecule has 1 saturated heterocycles. The molecule has 7 heteroatoms. The molecule has 0 saturated carbocycles. The molecule has 132 valence electrons. The maximum absolute atomic E-state index is 12.5. The molecule has 1 amide bonds. The van der Waals surface area contributed by atoms with E-state index in [2.05, 4.69) is 15.2 Å². The third-order valence-electron chi connectivity index (χ3n) is 4.25. The van der Waals surface area contributed by atoms with E-state index >= 15 is 0 Å². The minimum absolute atomic E-state index is 0.0741. The molecular weight excluding hydrogens is 361 g/mol. The predicted molar refractivity (Wildman–Crippen MR) is 99.1 cm³/mol. The van der Waals surface area contributed by atoms with Gasteiger partial charge in [0.25, 0.3) is 0 Å². The molecule has 1 fully saturated rings. The zero-order chi connectivity index (χ0) is 17.8. The highest BCUT2D eigenvalue weighted by molar-refractivity contribution is 6.30. The molecule has 2 heterocycles. The highest BCUT2D eigenvalue weighted by Gasteiger charge is 2.28. The van der Waals surface area contributed by atoms with Crippen molar-refractivity contribution in [2.24, 2.45) is 0 Å². The summed E-state index contributed by atoms with van der Waals surface area (Å²) in [6, 6.07) is 10.7. The first-order chi connectivity index (χ1) is 12.0. The van der Waals surface area contributed by atoms with Gasteiger partial charge < -0.3 is 10.1 Å². The van der Waals surface area contributed by atoms with Crippen LogP contribution in [0.5, 0.6) is 0 Å². The molecule has 0 unspecified atom stereocenters. The number of hydrogen-bond acceptors (Lipinski definition) is 4. The first-order valence-electron chi connectivity index (χ1n) is 8.06. The van der Waals surface area contributed by atoms with Gasteiger partial charge in [-0.3, -0.25) is 9.69 Å². The fourth-order valence-corrected chi connectivity index (χ4v) is 2.98. The number of carbonyl (C=O) groups is 1. The molecule has 1 N–H and O–H groups in total. The number of anilines is 1. The van der Waals surface area contributed by atoms with Crippen molar-refractivity contribution < 1.29 is 9.53 Å². The molecule has 2 aromatic rings. The average Bonchev–Trinajstić information content (AvgIpc) is 2.63. The van der Waals surface area contributed by atoms with Crippen molar-refractivity contribution in [3.63, 3.8) is 0 Å². The van der Waals surface area contributed by atoms with Crippen LogP contribution in [0.2, 0.25) is 10.0 Å². The molecule has 0 spiro atoms. The van der Waals surface area contributed by atoms with Gasteiger partial charge in [-0.2, -0.15) is 0 Å². The van der Waals surface area contributed by atoms with Gasteiger partial charge >= 0.3 is 0 Å². The lowest BCUT2D eigenvalue weighted by Gasteiger charge is -2.36. The number of carbonyl (C=O) groups excluding carboxylic acids is 1. The van der Waals surface area contributed by atoms with Crippen LogP contribution in [0.15, 0.2) is 42.6 Å². The SMILES string of the molecule is C[C@H](C(=O)Nc1ccc(Cl)cn1)N1CCO[C@H](c2ccc(Cl)cc2)C1. The third-order valence-corrected chi connectivity index (χ3v) is 4.72. The summed E-state index contributed by atoms with van der Waals surface area (Å²) in [7, 11) is 0. The lowest BCUT2D eigenvalue weighted by atomic mass is 10.1. The summed E-state index contributed by atoms with van der Waals surface area (Å²) in [6.07, 6.45) is 1.43. The van der Waals surface area contributed by atoms with Crippen molar-refractivity contribution in [1.29, 1.82) is 0 Å². The van der Waals surface area contributed by atoms with Gasteiger partial charge in [0.15, 0.2) is 0 Å². The average molecular weight is 380 g/mol. The topological polar surface area (TPSA) is 54.5 Å². The van der Waals surface area contributed by atoms with E-state index in [1.165, 1.54) is 6.20 Å². The Hall–Kier alpha value is -1.66. The lowest BCUT2D eigenvalue weighted by molar-refractivity contribution is -0.124. The van der Waals surface area contributed by atoms with Crippen molar-refractivity contribution >= 4 is 34.9 Å². The van der Waals surface area contributed by atoms with Crippen LogP contribution in [-0.2, 0) is 9.53 Å². The maximum Gasteiger partial charge on any atom is 0.242 e. The number of benzene rings is 1. The van der Waals surface area contributed by atoms with Crippen LogP contribution in [0.4, 0.5) is 5.82 Å². The minimum Gasteiger partial charge on any atom is -0.371 e. The molecule has 5 nitrogen and oxygen atoms in total. The largest absolute Gasteiger partial charge is 0.371 e. The van der Waals surface area contributed by atoms with E-state index < -0.39 is 0 Å². The summed E-state index contributed by atoms with van der Waals surface area (Å²) in [5.41, 5.74) is 1.06. The standard InChI is InChI=1S/C18H19Cl2N3O2/c1-12(18(24)22-17-7-6-15(20)10-21-17)23-8-9-25-16(11-23)13-2-4-14(19)5-3-13/h2-7,10,12,16H,8-9,11H2,1H3,(H,21,22,24)/t12-,16+/m1/s1. The van der Waals surface area contributed by atoms with Gasteiger partial charge in [-0.05, 0) is 36.8 Å². The first-order valence-corrected chi connectivity index (χ1v) is 8.82. The van der Waals surface area contributed by atoms with Gasteiger partial charge in [-0.15, -0.1) is 0 Å². The molecule has 1 aromatic heterocycles. The van der Waals surface area contributed by atoms with Crippen LogP contribution >= 0.6 is 23.2 Å². The highest BCUT2D eigenvalue weighted by Crippen LogP contribution is 2.25. The number of nitrogens with zero attached hydrogens (tertiary/aromatic N) is 2. The summed E-state index contributed by atoms with van der Waals surface area (Å²) in [5.74, 6) is 0.385. The Morgan fingerprint density at radius 3 is 2.64 bits per heavy atom. The van der Waals surface area contributed by atoms with Crippen LogP contribution in [-0.4, -0.2) is 41.5 Å². The Kier molecular flexibility index (Phi) is 5.91. The van der Waals surface area contributed by atoms with E-state index in [1.54, 1.807) is 12.1 Å². The minimum atomic E-state index is -0.295. The van der Waals surface area contributed by atoms with E-state index in [0.29, 0.717) is 35.6 Å². The summed E-state index contributed by atoms with van der Waals surface area (Å²) in [6.45, 7) is 3.80. The number of ether oxygens (including phenoxy) is 1. The number of aromatic nitrogens is 1. The van der Waals surface area contributed by atoms with Gasteiger partial charge in [0.1, 0.15) is 5.82 Å². The number of morpholine rings is 1. The van der Waals surface area contributed by atoms with Crippen LogP contribution in [0.3, 0.4) is 0 Å². The van der Waals surface area contributed by atoms with Gasteiger partial charge in [-0.1, -0.05) is 35.3 Å². The summed E-state index contributed by atoms with van der Waals surface area (Å²) in [5, 5.41) is 4.05. The van der Waals surface area contributed by atoms with E-state index in [0.717, 1.165) is 5.56 Å². The van der Waals surface area contributed by atoms with Crippen molar-refractivity contribution in [3.8, 4) is 0 Å². The predicted octanol–water partition coefficient (Wildman–Crippen LogP) is 3.79. The molecule has 1 aliphatic heterocycles. The quantitative estimate of drug-likeness (QED) is 0.877. The third kappa shape index (κ3) is 4.70. The molecule has 1 aromatic carbocycles. The van der Waals surface area contributed by atoms with Crippen molar-refractivity contribution in [3.05, 3.63) is 58.2 Å². The van der Waals surface area contributed by atoms with Crippen LogP contribution < -0.4 is 5.32 Å². The second kappa shape index (κ2) is 8.15. The maximum atomic E-state index is 12.5. The fourth-order valence-electron chi connectivity index (χ4n) is 2.75. The van der Waals surface area contributed by atoms with Crippen molar-refractivity contribution in [2.75, 3.05) is 25.0 Å². The van der Waals surface area contributed by atoms with E-state index in [4.69, 9.17) is 27.9 Å². The zero-order valence-electron chi connectivity index (χ0n) is 13.8. The Labute approximate surface area is 156 Å². The van der Waals surface area contributed by atoms with E-state index in [-0.39, 0.29) is 18.1 Å². The molecular formula is C18H19Cl2N3O2. The van der Waals surface area contributed by atoms with Gasteiger partial charge in [0.05, 0.1) is 23.8 Å². The van der Waals surface area contributed by atoms with Crippen LogP contribution in [0, 0.1) is 0 Å². The molecule has 0 radical (unpaired) electrons. The second-order valence-corrected chi connectivity index (χ2v) is 6.81. The molecule has 0 bridgehead atoms. The number of amides is 1. The van der Waals surface area contributed by atoms with Crippen LogP contribution in [0.25, 0.3) is 0 Å². The van der Waals surface area contributed by atoms with Gasteiger partial charge in [0, 0.05) is 24.3 Å². The smallest absolute Gasteiger partial charge is 0.242 e. The zero-order valence-corrected chi connectivity index (χ0v) is 15.3. The summed E-state index contributed by atoms with van der Waals surface area (Å²) < 4.78 is 5.85. The lowest BCUT2D eigenvalue weighted by Crippen LogP contribution is -2.48. The first kappa shape index (κ1) is 18.1. The molecule has 2 atom stereocenters. The second-order valence-electron chi connectivity index (χ2n) is 5.93. The normalized spacial score (nSPS) is 19.4. The number of rotatable bonds is 4. The molecule has 3 rings (SSSR count). The van der Waals surface area contributed by atoms with Crippen LogP contribution in [0.1, 0.15) is 18.6 Å². The molecule has 1 aliphatic rings. The number of hydrogen-bond donors (Lipinski definition) is 1. The Morgan fingerprint density at radius 1 is 1.24 bits per heavy atom. The summed E-state index contributed by atoms with van der Waals surface area (Å²) >= 11 is 11.8. The fraction of sp³-hybridized carbons (Fsp3) is 0.333.